The van der Waals surface area contributed by atoms with Crippen LogP contribution in [-0.4, -0.2) is 25.4 Å². The molecule has 0 bridgehead atoms. The molecule has 1 heterocycles. The number of halogens is 1. The second-order valence-corrected chi connectivity index (χ2v) is 4.40. The first-order valence-electron chi connectivity index (χ1n) is 5.92. The van der Waals surface area contributed by atoms with Gasteiger partial charge in [-0.25, -0.2) is 0 Å². The molecule has 18 heavy (non-hydrogen) atoms. The van der Waals surface area contributed by atoms with Crippen LogP contribution in [0.3, 0.4) is 0 Å². The molecule has 102 valence electrons. The predicted octanol–water partition coefficient (Wildman–Crippen LogP) is 2.25. The van der Waals surface area contributed by atoms with E-state index in [2.05, 4.69) is 0 Å². The summed E-state index contributed by atoms with van der Waals surface area (Å²) in [4.78, 5) is 0. The van der Waals surface area contributed by atoms with Gasteiger partial charge in [-0.05, 0) is 24.8 Å². The molecule has 0 aromatic heterocycles. The van der Waals surface area contributed by atoms with Crippen molar-refractivity contribution in [2.24, 2.45) is 11.7 Å². The van der Waals surface area contributed by atoms with Crippen LogP contribution < -0.4 is 10.5 Å². The van der Waals surface area contributed by atoms with Gasteiger partial charge in [-0.3, -0.25) is 0 Å². The highest BCUT2D eigenvalue weighted by molar-refractivity contribution is 5.85. The van der Waals surface area contributed by atoms with E-state index in [1.807, 2.05) is 6.07 Å². The Hall–Kier alpha value is -0.970. The number of rotatable bonds is 3. The van der Waals surface area contributed by atoms with E-state index in [0.29, 0.717) is 11.7 Å². The molecule has 1 aliphatic rings. The molecule has 4 nitrogen and oxygen atoms in total. The van der Waals surface area contributed by atoms with Crippen molar-refractivity contribution >= 4 is 12.4 Å². The first-order valence-corrected chi connectivity index (χ1v) is 5.92. The SMILES string of the molecule is COc1cc(O)ccc1[C@H](N)C1CCOCC1.Cl. The Morgan fingerprint density at radius 1 is 1.39 bits per heavy atom. The molecule has 3 N–H and O–H groups in total. The average Bonchev–Trinajstić information content (AvgIpc) is 2.39. The number of phenolic OH excluding ortho intramolecular Hbond substituents is 1. The van der Waals surface area contributed by atoms with E-state index in [9.17, 15) is 5.11 Å². The summed E-state index contributed by atoms with van der Waals surface area (Å²) in [5.41, 5.74) is 7.23. The molecule has 1 aromatic rings. The molecule has 0 spiro atoms. The lowest BCUT2D eigenvalue weighted by molar-refractivity contribution is 0.0581. The summed E-state index contributed by atoms with van der Waals surface area (Å²) < 4.78 is 10.6. The van der Waals surface area contributed by atoms with Crippen LogP contribution >= 0.6 is 12.4 Å². The molecule has 0 amide bonds. The largest absolute Gasteiger partial charge is 0.508 e. The summed E-state index contributed by atoms with van der Waals surface area (Å²) in [7, 11) is 1.59. The Morgan fingerprint density at radius 3 is 2.67 bits per heavy atom. The fourth-order valence-corrected chi connectivity index (χ4v) is 2.30. The summed E-state index contributed by atoms with van der Waals surface area (Å²) in [5.74, 6) is 1.27. The van der Waals surface area contributed by atoms with Gasteiger partial charge in [0.1, 0.15) is 11.5 Å². The topological polar surface area (TPSA) is 64.7 Å². The van der Waals surface area contributed by atoms with Crippen LogP contribution in [0, 0.1) is 5.92 Å². The number of benzene rings is 1. The molecule has 1 aromatic carbocycles. The van der Waals surface area contributed by atoms with Crippen LogP contribution in [0.5, 0.6) is 11.5 Å². The maximum Gasteiger partial charge on any atom is 0.127 e. The molecule has 0 unspecified atom stereocenters. The van der Waals surface area contributed by atoms with Gasteiger partial charge in [0, 0.05) is 30.9 Å². The van der Waals surface area contributed by atoms with Crippen molar-refractivity contribution in [3.8, 4) is 11.5 Å². The highest BCUT2D eigenvalue weighted by atomic mass is 35.5. The monoisotopic (exact) mass is 273 g/mol. The zero-order valence-corrected chi connectivity index (χ0v) is 11.3. The number of hydrogen-bond acceptors (Lipinski definition) is 4. The van der Waals surface area contributed by atoms with Crippen molar-refractivity contribution in [3.05, 3.63) is 23.8 Å². The Bertz CT molecular complexity index is 380. The van der Waals surface area contributed by atoms with Crippen LogP contribution in [0.15, 0.2) is 18.2 Å². The highest BCUT2D eigenvalue weighted by Gasteiger charge is 2.24. The predicted molar refractivity (Wildman–Crippen MR) is 72.4 cm³/mol. The zero-order valence-electron chi connectivity index (χ0n) is 10.5. The third-order valence-corrected chi connectivity index (χ3v) is 3.35. The third kappa shape index (κ3) is 3.28. The number of hydrogen-bond donors (Lipinski definition) is 2. The first kappa shape index (κ1) is 15.1. The van der Waals surface area contributed by atoms with Crippen LogP contribution in [0.25, 0.3) is 0 Å². The van der Waals surface area contributed by atoms with E-state index in [-0.39, 0.29) is 24.2 Å². The minimum Gasteiger partial charge on any atom is -0.508 e. The summed E-state index contributed by atoms with van der Waals surface area (Å²) in [6.07, 6.45) is 1.95. The quantitative estimate of drug-likeness (QED) is 0.887. The Labute approximate surface area is 113 Å². The molecule has 0 aliphatic carbocycles. The molecular weight excluding hydrogens is 254 g/mol. The second-order valence-electron chi connectivity index (χ2n) is 4.40. The number of nitrogens with two attached hydrogens (primary N) is 1. The lowest BCUT2D eigenvalue weighted by atomic mass is 9.87. The van der Waals surface area contributed by atoms with Crippen molar-refractivity contribution in [2.75, 3.05) is 20.3 Å². The van der Waals surface area contributed by atoms with Gasteiger partial charge >= 0.3 is 0 Å². The van der Waals surface area contributed by atoms with E-state index in [4.69, 9.17) is 15.2 Å². The van der Waals surface area contributed by atoms with Crippen molar-refractivity contribution in [1.29, 1.82) is 0 Å². The third-order valence-electron chi connectivity index (χ3n) is 3.35. The lowest BCUT2D eigenvalue weighted by Gasteiger charge is -2.28. The van der Waals surface area contributed by atoms with Crippen molar-refractivity contribution in [2.45, 2.75) is 18.9 Å². The number of aromatic hydroxyl groups is 1. The second kappa shape index (κ2) is 6.83. The summed E-state index contributed by atoms with van der Waals surface area (Å²) in [5, 5.41) is 9.42. The van der Waals surface area contributed by atoms with Crippen molar-refractivity contribution in [1.82, 2.24) is 0 Å². The van der Waals surface area contributed by atoms with Gasteiger partial charge < -0.3 is 20.3 Å². The van der Waals surface area contributed by atoms with E-state index in [1.54, 1.807) is 19.2 Å². The van der Waals surface area contributed by atoms with Gasteiger partial charge in [0.05, 0.1) is 7.11 Å². The summed E-state index contributed by atoms with van der Waals surface area (Å²) >= 11 is 0. The Balaban J connectivity index is 0.00000162. The molecule has 5 heteroatoms. The van der Waals surface area contributed by atoms with E-state index in [0.717, 1.165) is 31.6 Å². The van der Waals surface area contributed by atoms with Crippen molar-refractivity contribution in [3.63, 3.8) is 0 Å². The fourth-order valence-electron chi connectivity index (χ4n) is 2.30. The van der Waals surface area contributed by atoms with Gasteiger partial charge in [0.25, 0.3) is 0 Å². The molecule has 1 fully saturated rings. The van der Waals surface area contributed by atoms with E-state index >= 15 is 0 Å². The maximum atomic E-state index is 9.42. The minimum absolute atomic E-state index is 0. The summed E-state index contributed by atoms with van der Waals surface area (Å²) in [6.45, 7) is 1.55. The van der Waals surface area contributed by atoms with E-state index < -0.39 is 0 Å². The Kier molecular flexibility index (Phi) is 5.72. The molecule has 0 radical (unpaired) electrons. The molecule has 1 saturated heterocycles. The van der Waals surface area contributed by atoms with Crippen LogP contribution in [0.1, 0.15) is 24.4 Å². The van der Waals surface area contributed by atoms with Crippen LogP contribution in [0.4, 0.5) is 0 Å². The molecular formula is C13H20ClNO3. The highest BCUT2D eigenvalue weighted by Crippen LogP contribution is 2.34. The standard InChI is InChI=1S/C13H19NO3.ClH/c1-16-12-8-10(15)2-3-11(12)13(14)9-4-6-17-7-5-9;/h2-3,8-9,13,15H,4-7,14H2,1H3;1H/t13-;/m1./s1. The molecule has 1 aliphatic heterocycles. The number of methoxy groups -OCH3 is 1. The van der Waals surface area contributed by atoms with Gasteiger partial charge in [-0.15, -0.1) is 12.4 Å². The van der Waals surface area contributed by atoms with Gasteiger partial charge in [0.15, 0.2) is 0 Å². The zero-order chi connectivity index (χ0) is 12.3. The van der Waals surface area contributed by atoms with Crippen molar-refractivity contribution < 1.29 is 14.6 Å². The summed E-state index contributed by atoms with van der Waals surface area (Å²) in [6, 6.07) is 5.04. The molecule has 1 atom stereocenters. The maximum absolute atomic E-state index is 9.42. The van der Waals surface area contributed by atoms with Gasteiger partial charge in [-0.1, -0.05) is 6.07 Å². The normalized spacial score (nSPS) is 17.9. The Morgan fingerprint density at radius 2 is 2.06 bits per heavy atom. The number of phenols is 1. The number of ether oxygens (including phenoxy) is 2. The minimum atomic E-state index is -0.0607. The van der Waals surface area contributed by atoms with Gasteiger partial charge in [0.2, 0.25) is 0 Å². The molecule has 0 saturated carbocycles. The lowest BCUT2D eigenvalue weighted by Crippen LogP contribution is -2.27. The van der Waals surface area contributed by atoms with Gasteiger partial charge in [-0.2, -0.15) is 0 Å². The van der Waals surface area contributed by atoms with E-state index in [1.165, 1.54) is 0 Å². The van der Waals surface area contributed by atoms with Crippen LogP contribution in [0.2, 0.25) is 0 Å². The van der Waals surface area contributed by atoms with Crippen LogP contribution in [-0.2, 0) is 4.74 Å². The average molecular weight is 274 g/mol. The smallest absolute Gasteiger partial charge is 0.127 e. The fraction of sp³-hybridized carbons (Fsp3) is 0.538. The first-order chi connectivity index (χ1) is 8.22. The molecule has 2 rings (SSSR count).